The topological polar surface area (TPSA) is 79.5 Å². The normalized spacial score (nSPS) is 14.3. The Labute approximate surface area is 159 Å². The number of amides is 2. The molecule has 6 nitrogen and oxygen atoms in total. The van der Waals surface area contributed by atoms with Gasteiger partial charge in [-0.05, 0) is 43.0 Å². The van der Waals surface area contributed by atoms with Gasteiger partial charge in [-0.1, -0.05) is 36.4 Å². The number of carbonyl (C=O) groups is 2. The van der Waals surface area contributed by atoms with E-state index in [1.54, 1.807) is 7.11 Å². The fraction of sp³-hybridized carbons (Fsp3) is 0.333. The predicted molar refractivity (Wildman–Crippen MR) is 105 cm³/mol. The van der Waals surface area contributed by atoms with Crippen LogP contribution in [0.3, 0.4) is 0 Å². The molecule has 1 fully saturated rings. The summed E-state index contributed by atoms with van der Waals surface area (Å²) in [7, 11) is 1.56. The highest BCUT2D eigenvalue weighted by Gasteiger charge is 2.25. The minimum absolute atomic E-state index is 0.0778. The van der Waals surface area contributed by atoms with Crippen LogP contribution >= 0.6 is 0 Å². The van der Waals surface area contributed by atoms with Crippen molar-refractivity contribution in [3.63, 3.8) is 0 Å². The highest BCUT2D eigenvalue weighted by molar-refractivity contribution is 5.97. The van der Waals surface area contributed by atoms with E-state index in [0.29, 0.717) is 17.5 Å². The molecular weight excluding hydrogens is 342 g/mol. The third-order valence-electron chi connectivity index (χ3n) is 4.42. The molecule has 0 unspecified atom stereocenters. The number of methoxy groups -OCH3 is 1. The molecule has 3 rings (SSSR count). The first-order chi connectivity index (χ1) is 13.1. The molecule has 0 aromatic heterocycles. The Morgan fingerprint density at radius 2 is 1.89 bits per heavy atom. The van der Waals surface area contributed by atoms with Crippen LogP contribution in [0.5, 0.6) is 5.75 Å². The second kappa shape index (κ2) is 8.68. The average Bonchev–Trinajstić information content (AvgIpc) is 3.47. The quantitative estimate of drug-likeness (QED) is 0.670. The highest BCUT2D eigenvalue weighted by Crippen LogP contribution is 2.26. The van der Waals surface area contributed by atoms with Crippen molar-refractivity contribution in [3.8, 4) is 5.75 Å². The predicted octanol–water partition coefficient (Wildman–Crippen LogP) is 2.55. The first-order valence-electron chi connectivity index (χ1n) is 9.10. The van der Waals surface area contributed by atoms with Crippen molar-refractivity contribution < 1.29 is 14.3 Å². The van der Waals surface area contributed by atoms with Crippen molar-refractivity contribution in [2.75, 3.05) is 19.0 Å². The zero-order valence-electron chi connectivity index (χ0n) is 15.6. The van der Waals surface area contributed by atoms with Crippen LogP contribution in [-0.2, 0) is 9.59 Å². The van der Waals surface area contributed by atoms with Gasteiger partial charge < -0.3 is 15.4 Å². The molecule has 1 aliphatic carbocycles. The lowest BCUT2D eigenvalue weighted by atomic mass is 10.1. The Morgan fingerprint density at radius 1 is 1.15 bits per heavy atom. The molecule has 0 heterocycles. The van der Waals surface area contributed by atoms with Crippen molar-refractivity contribution >= 4 is 17.5 Å². The zero-order valence-corrected chi connectivity index (χ0v) is 15.6. The summed E-state index contributed by atoms with van der Waals surface area (Å²) in [6.07, 6.45) is 2.06. The molecule has 142 valence electrons. The molecule has 0 bridgehead atoms. The smallest absolute Gasteiger partial charge is 0.246 e. The Hall–Kier alpha value is -2.86. The van der Waals surface area contributed by atoms with Gasteiger partial charge in [-0.3, -0.25) is 14.9 Å². The van der Waals surface area contributed by atoms with Crippen molar-refractivity contribution in [3.05, 3.63) is 59.7 Å². The lowest BCUT2D eigenvalue weighted by molar-refractivity contribution is -0.121. The number of ether oxygens (including phenoxy) is 1. The Bertz CT molecular complexity index is 804. The lowest BCUT2D eigenvalue weighted by Crippen LogP contribution is -2.40. The number of aryl methyl sites for hydroxylation is 1. The van der Waals surface area contributed by atoms with Crippen LogP contribution in [0.25, 0.3) is 0 Å². The van der Waals surface area contributed by atoms with E-state index < -0.39 is 6.04 Å². The van der Waals surface area contributed by atoms with E-state index >= 15 is 0 Å². The van der Waals surface area contributed by atoms with Gasteiger partial charge in [0.15, 0.2) is 0 Å². The van der Waals surface area contributed by atoms with Crippen LogP contribution in [0, 0.1) is 6.92 Å². The van der Waals surface area contributed by atoms with Gasteiger partial charge in [0, 0.05) is 6.04 Å². The summed E-state index contributed by atoms with van der Waals surface area (Å²) < 4.78 is 5.34. The SMILES string of the molecule is COc1ccc(C)cc1NC(=O)[C@@H](NCC(=O)NC1CC1)c1ccccc1. The molecule has 2 aromatic carbocycles. The molecule has 2 aromatic rings. The zero-order chi connectivity index (χ0) is 19.2. The van der Waals surface area contributed by atoms with Crippen LogP contribution in [0.15, 0.2) is 48.5 Å². The molecule has 1 aliphatic rings. The maximum absolute atomic E-state index is 13.0. The molecule has 1 saturated carbocycles. The maximum atomic E-state index is 13.0. The van der Waals surface area contributed by atoms with E-state index in [4.69, 9.17) is 4.74 Å². The largest absolute Gasteiger partial charge is 0.495 e. The Kier molecular flexibility index (Phi) is 6.08. The minimum atomic E-state index is -0.652. The molecule has 27 heavy (non-hydrogen) atoms. The van der Waals surface area contributed by atoms with E-state index in [-0.39, 0.29) is 18.4 Å². The summed E-state index contributed by atoms with van der Waals surface area (Å²) in [6.45, 7) is 2.03. The number of carbonyl (C=O) groups excluding carboxylic acids is 2. The number of benzene rings is 2. The molecule has 0 spiro atoms. The summed E-state index contributed by atoms with van der Waals surface area (Å²) in [6, 6.07) is 14.6. The first kappa shape index (κ1) is 18.9. The fourth-order valence-corrected chi connectivity index (χ4v) is 2.83. The second-order valence-electron chi connectivity index (χ2n) is 6.76. The molecule has 0 saturated heterocycles. The van der Waals surface area contributed by atoms with Crippen LogP contribution in [0.2, 0.25) is 0 Å². The average molecular weight is 367 g/mol. The summed E-state index contributed by atoms with van der Waals surface area (Å²) in [5.41, 5.74) is 2.41. The second-order valence-corrected chi connectivity index (χ2v) is 6.76. The highest BCUT2D eigenvalue weighted by atomic mass is 16.5. The third-order valence-corrected chi connectivity index (χ3v) is 4.42. The number of anilines is 1. The van der Waals surface area contributed by atoms with Gasteiger partial charge in [0.1, 0.15) is 11.8 Å². The number of hydrogen-bond donors (Lipinski definition) is 3. The van der Waals surface area contributed by atoms with Crippen molar-refractivity contribution in [2.24, 2.45) is 0 Å². The molecule has 0 aliphatic heterocycles. The molecular formula is C21H25N3O3. The van der Waals surface area contributed by atoms with Gasteiger partial charge in [-0.2, -0.15) is 0 Å². The van der Waals surface area contributed by atoms with Crippen molar-refractivity contribution in [2.45, 2.75) is 31.8 Å². The van der Waals surface area contributed by atoms with Crippen LogP contribution in [0.4, 0.5) is 5.69 Å². The molecule has 1 atom stereocenters. The monoisotopic (exact) mass is 367 g/mol. The molecule has 2 amide bonds. The fourth-order valence-electron chi connectivity index (χ4n) is 2.83. The summed E-state index contributed by atoms with van der Waals surface area (Å²) in [4.78, 5) is 25.0. The number of hydrogen-bond acceptors (Lipinski definition) is 4. The number of nitrogens with one attached hydrogen (secondary N) is 3. The Balaban J connectivity index is 1.74. The summed E-state index contributed by atoms with van der Waals surface area (Å²) >= 11 is 0. The van der Waals surface area contributed by atoms with E-state index in [1.165, 1.54) is 0 Å². The first-order valence-corrected chi connectivity index (χ1v) is 9.10. The van der Waals surface area contributed by atoms with Gasteiger partial charge in [0.05, 0.1) is 19.3 Å². The van der Waals surface area contributed by atoms with Crippen LogP contribution < -0.4 is 20.7 Å². The van der Waals surface area contributed by atoms with Gasteiger partial charge in [-0.15, -0.1) is 0 Å². The van der Waals surface area contributed by atoms with E-state index in [9.17, 15) is 9.59 Å². The number of rotatable bonds is 8. The van der Waals surface area contributed by atoms with Gasteiger partial charge in [0.25, 0.3) is 0 Å². The van der Waals surface area contributed by atoms with Crippen molar-refractivity contribution in [1.29, 1.82) is 0 Å². The van der Waals surface area contributed by atoms with Gasteiger partial charge in [0.2, 0.25) is 11.8 Å². The van der Waals surface area contributed by atoms with Crippen molar-refractivity contribution in [1.82, 2.24) is 10.6 Å². The van der Waals surface area contributed by atoms with E-state index in [2.05, 4.69) is 16.0 Å². The maximum Gasteiger partial charge on any atom is 0.246 e. The third kappa shape index (κ3) is 5.31. The lowest BCUT2D eigenvalue weighted by Gasteiger charge is -2.20. The van der Waals surface area contributed by atoms with Crippen LogP contribution in [-0.4, -0.2) is 31.5 Å². The summed E-state index contributed by atoms with van der Waals surface area (Å²) in [5.74, 6) is 0.246. The molecule has 3 N–H and O–H groups in total. The van der Waals surface area contributed by atoms with Gasteiger partial charge in [-0.25, -0.2) is 0 Å². The molecule has 6 heteroatoms. The van der Waals surface area contributed by atoms with E-state index in [1.807, 2.05) is 55.5 Å². The minimum Gasteiger partial charge on any atom is -0.495 e. The standard InChI is InChI=1S/C21H25N3O3/c1-14-8-11-18(27-2)17(12-14)24-21(26)20(15-6-4-3-5-7-15)22-13-19(25)23-16-9-10-16/h3-8,11-12,16,20,22H,9-10,13H2,1-2H3,(H,23,25)(H,24,26)/t20-/m0/s1. The summed E-state index contributed by atoms with van der Waals surface area (Å²) in [5, 5.41) is 8.92. The van der Waals surface area contributed by atoms with Crippen LogP contribution in [0.1, 0.15) is 30.0 Å². The Morgan fingerprint density at radius 3 is 2.56 bits per heavy atom. The van der Waals surface area contributed by atoms with Gasteiger partial charge >= 0.3 is 0 Å². The molecule has 0 radical (unpaired) electrons. The van der Waals surface area contributed by atoms with E-state index in [0.717, 1.165) is 24.0 Å².